The summed E-state index contributed by atoms with van der Waals surface area (Å²) in [7, 11) is 3.40. The number of aromatic nitrogens is 1. The van der Waals surface area contributed by atoms with Crippen molar-refractivity contribution in [2.45, 2.75) is 26.2 Å². The second-order valence-corrected chi connectivity index (χ2v) is 4.70. The van der Waals surface area contributed by atoms with Gasteiger partial charge in [0.2, 0.25) is 0 Å². The van der Waals surface area contributed by atoms with E-state index in [0.717, 1.165) is 5.56 Å². The summed E-state index contributed by atoms with van der Waals surface area (Å²) in [4.78, 5) is 0. The summed E-state index contributed by atoms with van der Waals surface area (Å²) < 4.78 is 29.1. The van der Waals surface area contributed by atoms with Crippen molar-refractivity contribution in [2.75, 3.05) is 14.2 Å². The number of benzene rings is 1. The van der Waals surface area contributed by atoms with Crippen LogP contribution in [0.25, 0.3) is 0 Å². The highest BCUT2D eigenvalue weighted by molar-refractivity contribution is 5.36. The van der Waals surface area contributed by atoms with Gasteiger partial charge in [-0.3, -0.25) is 0 Å². The Morgan fingerprint density at radius 1 is 1.33 bits per heavy atom. The maximum absolute atomic E-state index is 13.4. The molecular formula is C15H19FN2O3. The molecule has 21 heavy (non-hydrogen) atoms. The molecule has 2 aromatic rings. The van der Waals surface area contributed by atoms with Crippen molar-refractivity contribution < 1.29 is 18.4 Å². The maximum Gasteiger partial charge on any atom is 0.162 e. The van der Waals surface area contributed by atoms with E-state index < -0.39 is 0 Å². The van der Waals surface area contributed by atoms with Crippen molar-refractivity contribution in [3.63, 3.8) is 0 Å². The zero-order valence-electron chi connectivity index (χ0n) is 12.4. The number of halogens is 1. The molecule has 0 radical (unpaired) electrons. The monoisotopic (exact) mass is 294 g/mol. The molecule has 1 unspecified atom stereocenters. The van der Waals surface area contributed by atoms with E-state index in [9.17, 15) is 4.39 Å². The molecule has 0 saturated carbocycles. The van der Waals surface area contributed by atoms with E-state index >= 15 is 0 Å². The second kappa shape index (κ2) is 7.19. The number of methoxy groups -OCH3 is 1. The van der Waals surface area contributed by atoms with Crippen LogP contribution in [0.4, 0.5) is 4.39 Å². The lowest BCUT2D eigenvalue weighted by Gasteiger charge is -2.16. The van der Waals surface area contributed by atoms with Crippen LogP contribution in [0.1, 0.15) is 30.0 Å². The largest absolute Gasteiger partial charge is 0.487 e. The van der Waals surface area contributed by atoms with E-state index in [0.29, 0.717) is 23.8 Å². The summed E-state index contributed by atoms with van der Waals surface area (Å²) >= 11 is 0. The molecule has 2 rings (SSSR count). The number of rotatable bonds is 7. The zero-order valence-corrected chi connectivity index (χ0v) is 12.4. The number of nitrogens with one attached hydrogen (secondary N) is 1. The van der Waals surface area contributed by atoms with Crippen LogP contribution in [-0.4, -0.2) is 19.3 Å². The third-order valence-electron chi connectivity index (χ3n) is 3.14. The first-order chi connectivity index (χ1) is 10.1. The highest BCUT2D eigenvalue weighted by atomic mass is 19.1. The van der Waals surface area contributed by atoms with Crippen LogP contribution < -0.4 is 10.1 Å². The van der Waals surface area contributed by atoms with Crippen molar-refractivity contribution in [1.29, 1.82) is 0 Å². The molecule has 0 fully saturated rings. The summed E-state index contributed by atoms with van der Waals surface area (Å²) in [5, 5.41) is 6.96. The van der Waals surface area contributed by atoms with E-state index in [1.807, 2.05) is 14.0 Å². The summed E-state index contributed by atoms with van der Waals surface area (Å²) in [6.45, 7) is 2.56. The summed E-state index contributed by atoms with van der Waals surface area (Å²) in [5.41, 5.74) is 1.42. The minimum Gasteiger partial charge on any atom is -0.487 e. The smallest absolute Gasteiger partial charge is 0.162 e. The first kappa shape index (κ1) is 15.5. The Hall–Kier alpha value is -1.92. The molecule has 6 heteroatoms. The molecule has 114 valence electrons. The van der Waals surface area contributed by atoms with Crippen molar-refractivity contribution in [2.24, 2.45) is 0 Å². The van der Waals surface area contributed by atoms with Gasteiger partial charge in [0.15, 0.2) is 5.76 Å². The van der Waals surface area contributed by atoms with Crippen molar-refractivity contribution in [1.82, 2.24) is 10.5 Å². The van der Waals surface area contributed by atoms with Crippen LogP contribution in [0.2, 0.25) is 0 Å². The minimum absolute atomic E-state index is 0.0166. The lowest BCUT2D eigenvalue weighted by molar-refractivity contribution is 0.155. The van der Waals surface area contributed by atoms with Crippen LogP contribution in [0, 0.1) is 5.82 Å². The molecule has 0 aliphatic rings. The van der Waals surface area contributed by atoms with Gasteiger partial charge in [0.05, 0.1) is 0 Å². The summed E-state index contributed by atoms with van der Waals surface area (Å²) in [6, 6.07) is 6.22. The van der Waals surface area contributed by atoms with Gasteiger partial charge in [-0.1, -0.05) is 5.16 Å². The molecule has 0 saturated heterocycles. The molecular weight excluding hydrogens is 275 g/mol. The molecule has 0 spiro atoms. The van der Waals surface area contributed by atoms with E-state index in [1.54, 1.807) is 19.2 Å². The topological polar surface area (TPSA) is 56.5 Å². The lowest BCUT2D eigenvalue weighted by Crippen LogP contribution is -2.14. The molecule has 0 aliphatic carbocycles. The first-order valence-corrected chi connectivity index (χ1v) is 6.67. The minimum atomic E-state index is -0.289. The standard InChI is InChI=1S/C15H19FN2O3/c1-10(17-2)14-6-11(16)4-5-15(14)20-8-12-7-13(9-19-3)21-18-12/h4-7,10,17H,8-9H2,1-3H3. The highest BCUT2D eigenvalue weighted by Crippen LogP contribution is 2.26. The fourth-order valence-corrected chi connectivity index (χ4v) is 1.93. The molecule has 0 bridgehead atoms. The molecule has 1 N–H and O–H groups in total. The van der Waals surface area contributed by atoms with E-state index in [4.69, 9.17) is 14.0 Å². The number of nitrogens with zero attached hydrogens (tertiary/aromatic N) is 1. The molecule has 1 aromatic carbocycles. The van der Waals surface area contributed by atoms with Gasteiger partial charge in [0.25, 0.3) is 0 Å². The third-order valence-corrected chi connectivity index (χ3v) is 3.14. The Bertz CT molecular complexity index is 586. The molecule has 0 aliphatic heterocycles. The second-order valence-electron chi connectivity index (χ2n) is 4.70. The van der Waals surface area contributed by atoms with Gasteiger partial charge < -0.3 is 19.3 Å². The van der Waals surface area contributed by atoms with Crippen molar-refractivity contribution in [3.8, 4) is 5.75 Å². The molecule has 5 nitrogen and oxygen atoms in total. The predicted molar refractivity (Wildman–Crippen MR) is 75.4 cm³/mol. The van der Waals surface area contributed by atoms with E-state index in [2.05, 4.69) is 10.5 Å². The SMILES string of the molecule is CNC(C)c1cc(F)ccc1OCc1cc(COC)on1. The Morgan fingerprint density at radius 2 is 2.14 bits per heavy atom. The quantitative estimate of drug-likeness (QED) is 0.851. The highest BCUT2D eigenvalue weighted by Gasteiger charge is 2.12. The van der Waals surface area contributed by atoms with Gasteiger partial charge in [-0.2, -0.15) is 0 Å². The Kier molecular flexibility index (Phi) is 5.30. The Morgan fingerprint density at radius 3 is 2.86 bits per heavy atom. The van der Waals surface area contributed by atoms with Crippen LogP contribution in [0.3, 0.4) is 0 Å². The Labute approximate surface area is 123 Å². The predicted octanol–water partition coefficient (Wildman–Crippen LogP) is 2.82. The Balaban J connectivity index is 2.08. The van der Waals surface area contributed by atoms with Gasteiger partial charge in [-0.25, -0.2) is 4.39 Å². The van der Waals surface area contributed by atoms with Crippen LogP contribution in [-0.2, 0) is 18.0 Å². The fraction of sp³-hybridized carbons (Fsp3) is 0.400. The van der Waals surface area contributed by atoms with Crippen molar-refractivity contribution >= 4 is 0 Å². The maximum atomic E-state index is 13.4. The van der Waals surface area contributed by atoms with Gasteiger partial charge in [-0.05, 0) is 32.2 Å². The van der Waals surface area contributed by atoms with Gasteiger partial charge >= 0.3 is 0 Å². The average Bonchev–Trinajstić information content (AvgIpc) is 2.93. The zero-order chi connectivity index (χ0) is 15.2. The van der Waals surface area contributed by atoms with Gasteiger partial charge in [0, 0.05) is 24.8 Å². The van der Waals surface area contributed by atoms with Crippen LogP contribution >= 0.6 is 0 Å². The van der Waals surface area contributed by atoms with Crippen LogP contribution in [0.5, 0.6) is 5.75 Å². The van der Waals surface area contributed by atoms with Gasteiger partial charge in [-0.15, -0.1) is 0 Å². The average molecular weight is 294 g/mol. The molecule has 1 heterocycles. The van der Waals surface area contributed by atoms with E-state index in [-0.39, 0.29) is 18.5 Å². The molecule has 1 aromatic heterocycles. The van der Waals surface area contributed by atoms with Gasteiger partial charge in [0.1, 0.15) is 30.5 Å². The normalized spacial score (nSPS) is 12.4. The first-order valence-electron chi connectivity index (χ1n) is 6.67. The number of hydrogen-bond acceptors (Lipinski definition) is 5. The van der Waals surface area contributed by atoms with Crippen LogP contribution in [0.15, 0.2) is 28.8 Å². The summed E-state index contributed by atoms with van der Waals surface area (Å²) in [6.07, 6.45) is 0. The number of ether oxygens (including phenoxy) is 2. The lowest BCUT2D eigenvalue weighted by atomic mass is 10.1. The number of hydrogen-bond donors (Lipinski definition) is 1. The molecule has 1 atom stereocenters. The molecule has 0 amide bonds. The van der Waals surface area contributed by atoms with Crippen molar-refractivity contribution in [3.05, 3.63) is 47.1 Å². The summed E-state index contributed by atoms with van der Waals surface area (Å²) in [5.74, 6) is 0.969. The fourth-order valence-electron chi connectivity index (χ4n) is 1.93. The van der Waals surface area contributed by atoms with E-state index in [1.165, 1.54) is 12.1 Å². The third kappa shape index (κ3) is 4.03.